The molecule has 0 aliphatic heterocycles. The molecule has 1 aromatic carbocycles. The average Bonchev–Trinajstić information content (AvgIpc) is 2.54. The third-order valence-corrected chi connectivity index (χ3v) is 3.46. The van der Waals surface area contributed by atoms with Crippen molar-refractivity contribution < 1.29 is 24.1 Å². The van der Waals surface area contributed by atoms with Crippen molar-refractivity contribution in [3.05, 3.63) is 23.2 Å². The maximum absolute atomic E-state index is 12.2. The quantitative estimate of drug-likeness (QED) is 0.615. The molecule has 1 atom stereocenters. The second-order valence-corrected chi connectivity index (χ2v) is 6.24. The van der Waals surface area contributed by atoms with Crippen molar-refractivity contribution in [1.29, 1.82) is 0 Å². The van der Waals surface area contributed by atoms with Crippen LogP contribution in [-0.2, 0) is 9.47 Å². The normalized spacial score (nSPS) is 12.1. The van der Waals surface area contributed by atoms with E-state index in [1.165, 1.54) is 12.0 Å². The highest BCUT2D eigenvalue weighted by Gasteiger charge is 2.16. The molecule has 0 aliphatic carbocycles. The van der Waals surface area contributed by atoms with Gasteiger partial charge in [-0.2, -0.15) is 0 Å². The number of aliphatic hydroxyl groups excluding tert-OH is 1. The summed E-state index contributed by atoms with van der Waals surface area (Å²) in [4.78, 5) is 13.6. The Morgan fingerprint density at radius 1 is 1.36 bits per heavy atom. The molecule has 0 saturated carbocycles. The van der Waals surface area contributed by atoms with E-state index in [1.807, 2.05) is 13.8 Å². The molecule has 0 aromatic heterocycles. The molecule has 25 heavy (non-hydrogen) atoms. The highest BCUT2D eigenvalue weighted by Crippen LogP contribution is 2.27. The number of nitrogens with one attached hydrogen (secondary N) is 1. The van der Waals surface area contributed by atoms with Gasteiger partial charge in [0.2, 0.25) is 0 Å². The Morgan fingerprint density at radius 2 is 2.08 bits per heavy atom. The minimum absolute atomic E-state index is 0.125. The number of amides is 2. The first-order valence-electron chi connectivity index (χ1n) is 8.06. The molecule has 8 heteroatoms. The van der Waals surface area contributed by atoms with Crippen LogP contribution in [0.3, 0.4) is 0 Å². The van der Waals surface area contributed by atoms with Gasteiger partial charge < -0.3 is 29.5 Å². The van der Waals surface area contributed by atoms with Crippen molar-refractivity contribution in [2.75, 3.05) is 45.8 Å². The molecule has 0 saturated heterocycles. The second-order valence-electron chi connectivity index (χ2n) is 5.80. The number of anilines is 1. The van der Waals surface area contributed by atoms with Crippen LogP contribution in [0.5, 0.6) is 5.75 Å². The van der Waals surface area contributed by atoms with Gasteiger partial charge in [0.25, 0.3) is 0 Å². The number of benzene rings is 1. The highest BCUT2D eigenvalue weighted by molar-refractivity contribution is 6.31. The molecule has 0 spiro atoms. The Morgan fingerprint density at radius 3 is 2.72 bits per heavy atom. The summed E-state index contributed by atoms with van der Waals surface area (Å²) in [7, 11) is 3.09. The summed E-state index contributed by atoms with van der Waals surface area (Å²) in [5, 5.41) is 13.1. The number of nitrogens with zero attached hydrogens (tertiary/aromatic N) is 1. The van der Waals surface area contributed by atoms with E-state index in [0.717, 1.165) is 0 Å². The van der Waals surface area contributed by atoms with Crippen LogP contribution >= 0.6 is 11.6 Å². The molecule has 7 nitrogen and oxygen atoms in total. The van der Waals surface area contributed by atoms with Crippen LogP contribution in [0.15, 0.2) is 18.2 Å². The number of aliphatic hydroxyl groups is 1. The van der Waals surface area contributed by atoms with Gasteiger partial charge in [-0.05, 0) is 32.0 Å². The number of halogens is 1. The maximum Gasteiger partial charge on any atom is 0.321 e. The molecule has 2 N–H and O–H groups in total. The number of ether oxygens (including phenoxy) is 3. The topological polar surface area (TPSA) is 80.3 Å². The van der Waals surface area contributed by atoms with Gasteiger partial charge in [0, 0.05) is 12.1 Å². The minimum atomic E-state index is -0.795. The molecule has 0 bridgehead atoms. The standard InChI is InChI=1S/C17H27ClN2O5/c1-12(2)25-8-7-24-11-14(21)10-20(3)17(22)19-15-9-13(18)5-6-16(15)23-4/h5-6,9,12,14,21H,7-8,10-11H2,1-4H3,(H,19,22)/t14-/m1/s1. The zero-order valence-electron chi connectivity index (χ0n) is 15.1. The van der Waals surface area contributed by atoms with Gasteiger partial charge in [-0.3, -0.25) is 0 Å². The first-order valence-corrected chi connectivity index (χ1v) is 8.44. The molecular formula is C17H27ClN2O5. The van der Waals surface area contributed by atoms with Gasteiger partial charge in [-0.25, -0.2) is 4.79 Å². The molecule has 142 valence electrons. The maximum atomic E-state index is 12.2. The largest absolute Gasteiger partial charge is 0.495 e. The van der Waals surface area contributed by atoms with Crippen molar-refractivity contribution in [3.8, 4) is 5.75 Å². The monoisotopic (exact) mass is 374 g/mol. The summed E-state index contributed by atoms with van der Waals surface area (Å²) in [5.74, 6) is 0.500. The lowest BCUT2D eigenvalue weighted by atomic mass is 10.3. The zero-order valence-corrected chi connectivity index (χ0v) is 15.9. The number of hydrogen-bond acceptors (Lipinski definition) is 5. The summed E-state index contributed by atoms with van der Waals surface area (Å²) in [6, 6.07) is 4.55. The molecule has 0 fully saturated rings. The van der Waals surface area contributed by atoms with E-state index in [0.29, 0.717) is 29.7 Å². The Kier molecular flexibility index (Phi) is 9.59. The first kappa shape index (κ1) is 21.5. The van der Waals surface area contributed by atoms with E-state index in [2.05, 4.69) is 5.32 Å². The van der Waals surface area contributed by atoms with Crippen LogP contribution in [0.4, 0.5) is 10.5 Å². The molecule has 0 unspecified atom stereocenters. The number of likely N-dealkylation sites (N-methyl/N-ethyl adjacent to an activating group) is 1. The van der Waals surface area contributed by atoms with Gasteiger partial charge in [-0.15, -0.1) is 0 Å². The van der Waals surface area contributed by atoms with E-state index >= 15 is 0 Å². The Balaban J connectivity index is 2.40. The van der Waals surface area contributed by atoms with Crippen molar-refractivity contribution in [2.45, 2.75) is 26.1 Å². The number of urea groups is 1. The molecule has 0 heterocycles. The molecule has 1 aromatic rings. The lowest BCUT2D eigenvalue weighted by Crippen LogP contribution is -2.39. The van der Waals surface area contributed by atoms with Crippen LogP contribution in [0.25, 0.3) is 0 Å². The fraction of sp³-hybridized carbons (Fsp3) is 0.588. The summed E-state index contributed by atoms with van der Waals surface area (Å²) in [6.07, 6.45) is -0.650. The molecule has 1 rings (SSSR count). The SMILES string of the molecule is COc1ccc(Cl)cc1NC(=O)N(C)C[C@@H](O)COCCOC(C)C. The molecular weight excluding hydrogens is 348 g/mol. The lowest BCUT2D eigenvalue weighted by molar-refractivity contribution is -0.0144. The van der Waals surface area contributed by atoms with Gasteiger partial charge >= 0.3 is 6.03 Å². The van der Waals surface area contributed by atoms with Crippen molar-refractivity contribution in [2.24, 2.45) is 0 Å². The third kappa shape index (κ3) is 8.40. The van der Waals surface area contributed by atoms with Crippen LogP contribution in [0.1, 0.15) is 13.8 Å². The summed E-state index contributed by atoms with van der Waals surface area (Å²) in [6.45, 7) is 4.99. The summed E-state index contributed by atoms with van der Waals surface area (Å²) >= 11 is 5.94. The fourth-order valence-electron chi connectivity index (χ4n) is 2.00. The number of hydrogen-bond donors (Lipinski definition) is 2. The van der Waals surface area contributed by atoms with E-state index in [1.54, 1.807) is 25.2 Å². The molecule has 0 radical (unpaired) electrons. The summed E-state index contributed by atoms with van der Waals surface area (Å²) in [5.41, 5.74) is 0.462. The van der Waals surface area contributed by atoms with Gasteiger partial charge in [-0.1, -0.05) is 11.6 Å². The third-order valence-electron chi connectivity index (χ3n) is 3.22. The van der Waals surface area contributed by atoms with Gasteiger partial charge in [0.1, 0.15) is 5.75 Å². The van der Waals surface area contributed by atoms with E-state index in [4.69, 9.17) is 25.8 Å². The fourth-order valence-corrected chi connectivity index (χ4v) is 2.17. The number of methoxy groups -OCH3 is 1. The lowest BCUT2D eigenvalue weighted by Gasteiger charge is -2.22. The van der Waals surface area contributed by atoms with E-state index in [9.17, 15) is 9.90 Å². The van der Waals surface area contributed by atoms with Gasteiger partial charge in [0.15, 0.2) is 0 Å². The Labute approximate surface area is 153 Å². The molecule has 2 amide bonds. The predicted molar refractivity (Wildman–Crippen MR) is 97.6 cm³/mol. The minimum Gasteiger partial charge on any atom is -0.495 e. The number of carbonyl (C=O) groups is 1. The summed E-state index contributed by atoms with van der Waals surface area (Å²) < 4.78 is 15.8. The van der Waals surface area contributed by atoms with Gasteiger partial charge in [0.05, 0.1) is 51.4 Å². The number of carbonyl (C=O) groups excluding carboxylic acids is 1. The Bertz CT molecular complexity index is 542. The predicted octanol–water partition coefficient (Wildman–Crippen LogP) is 2.61. The second kappa shape index (κ2) is 11.1. The Hall–Kier alpha value is -1.54. The van der Waals surface area contributed by atoms with E-state index < -0.39 is 6.10 Å². The smallest absolute Gasteiger partial charge is 0.321 e. The first-order chi connectivity index (χ1) is 11.8. The van der Waals surface area contributed by atoms with Crippen LogP contribution in [0.2, 0.25) is 5.02 Å². The van der Waals surface area contributed by atoms with Crippen molar-refractivity contribution in [3.63, 3.8) is 0 Å². The van der Waals surface area contributed by atoms with Crippen molar-refractivity contribution in [1.82, 2.24) is 4.90 Å². The van der Waals surface area contributed by atoms with E-state index in [-0.39, 0.29) is 25.3 Å². The van der Waals surface area contributed by atoms with Crippen LogP contribution in [-0.4, -0.2) is 68.8 Å². The molecule has 0 aliphatic rings. The van der Waals surface area contributed by atoms with Crippen LogP contribution in [0, 0.1) is 0 Å². The van der Waals surface area contributed by atoms with Crippen molar-refractivity contribution >= 4 is 23.3 Å². The van der Waals surface area contributed by atoms with Crippen LogP contribution < -0.4 is 10.1 Å². The zero-order chi connectivity index (χ0) is 18.8. The highest BCUT2D eigenvalue weighted by atomic mass is 35.5. The number of rotatable bonds is 10. The average molecular weight is 375 g/mol.